The van der Waals surface area contributed by atoms with Crippen molar-refractivity contribution in [1.29, 1.82) is 0 Å². The highest BCUT2D eigenvalue weighted by atomic mass is 35.5. The summed E-state index contributed by atoms with van der Waals surface area (Å²) in [5.41, 5.74) is 8.34. The molecule has 7 nitrogen and oxygen atoms in total. The van der Waals surface area contributed by atoms with E-state index < -0.39 is 6.03 Å². The number of nitrogens with two attached hydrogens (primary N) is 1. The van der Waals surface area contributed by atoms with E-state index in [1.165, 1.54) is 22.9 Å². The van der Waals surface area contributed by atoms with Crippen LogP contribution in [-0.2, 0) is 4.79 Å². The summed E-state index contributed by atoms with van der Waals surface area (Å²) in [6.07, 6.45) is 2.97. The molecule has 0 saturated carbocycles. The molecule has 9 heteroatoms. The van der Waals surface area contributed by atoms with Crippen molar-refractivity contribution in [2.45, 2.75) is 19.9 Å². The number of rotatable bonds is 6. The molecule has 31 heavy (non-hydrogen) atoms. The zero-order valence-corrected chi connectivity index (χ0v) is 17.7. The normalized spacial score (nSPS) is 12.0. The van der Waals surface area contributed by atoms with Gasteiger partial charge in [0.2, 0.25) is 5.91 Å². The first-order valence-electron chi connectivity index (χ1n) is 9.40. The molecule has 2 aromatic carbocycles. The molecule has 1 aromatic heterocycles. The number of anilines is 1. The Morgan fingerprint density at radius 2 is 1.81 bits per heavy atom. The van der Waals surface area contributed by atoms with Crippen LogP contribution in [0.5, 0.6) is 0 Å². The number of aryl methyl sites for hydroxylation is 1. The molecular weight excluding hydrogens is 421 g/mol. The van der Waals surface area contributed by atoms with Gasteiger partial charge in [0.15, 0.2) is 0 Å². The summed E-state index contributed by atoms with van der Waals surface area (Å²) < 4.78 is 14.6. The number of amides is 3. The summed E-state index contributed by atoms with van der Waals surface area (Å²) in [6.45, 7) is 3.61. The molecule has 0 aliphatic carbocycles. The van der Waals surface area contributed by atoms with Gasteiger partial charge >= 0.3 is 6.03 Å². The maximum Gasteiger partial charge on any atom is 0.316 e. The number of hydrogen-bond donors (Lipinski definition) is 3. The monoisotopic (exact) mass is 441 g/mol. The van der Waals surface area contributed by atoms with Crippen LogP contribution in [-0.4, -0.2) is 21.7 Å². The zero-order chi connectivity index (χ0) is 22.5. The van der Waals surface area contributed by atoms with E-state index in [1.54, 1.807) is 49.4 Å². The lowest BCUT2D eigenvalue weighted by Gasteiger charge is -2.13. The van der Waals surface area contributed by atoms with Gasteiger partial charge in [-0.25, -0.2) is 13.9 Å². The summed E-state index contributed by atoms with van der Waals surface area (Å²) in [4.78, 5) is 23.2. The van der Waals surface area contributed by atoms with Crippen molar-refractivity contribution in [3.63, 3.8) is 0 Å². The molecule has 0 aliphatic heterocycles. The molecule has 0 spiro atoms. The second-order valence-corrected chi connectivity index (χ2v) is 7.21. The molecule has 1 heterocycles. The van der Waals surface area contributed by atoms with Crippen LogP contribution in [0.15, 0.2) is 54.6 Å². The van der Waals surface area contributed by atoms with E-state index in [1.807, 2.05) is 6.92 Å². The van der Waals surface area contributed by atoms with Crippen LogP contribution < -0.4 is 16.4 Å². The molecule has 1 unspecified atom stereocenters. The van der Waals surface area contributed by atoms with Crippen LogP contribution in [0.3, 0.4) is 0 Å². The van der Waals surface area contributed by atoms with Gasteiger partial charge in [0.1, 0.15) is 11.0 Å². The van der Waals surface area contributed by atoms with E-state index in [-0.39, 0.29) is 17.8 Å². The van der Waals surface area contributed by atoms with Gasteiger partial charge in [-0.1, -0.05) is 23.7 Å². The Morgan fingerprint density at radius 1 is 1.16 bits per heavy atom. The molecule has 1 atom stereocenters. The van der Waals surface area contributed by atoms with Gasteiger partial charge in [0.25, 0.3) is 0 Å². The molecule has 0 bridgehead atoms. The third-order valence-corrected chi connectivity index (χ3v) is 4.92. The highest BCUT2D eigenvalue weighted by Crippen LogP contribution is 2.25. The number of urea groups is 1. The lowest BCUT2D eigenvalue weighted by atomic mass is 10.1. The van der Waals surface area contributed by atoms with Crippen molar-refractivity contribution in [3.8, 4) is 5.69 Å². The van der Waals surface area contributed by atoms with Crippen LogP contribution in [0, 0.1) is 12.7 Å². The Labute approximate surface area is 183 Å². The van der Waals surface area contributed by atoms with Gasteiger partial charge in [-0.3, -0.25) is 4.79 Å². The van der Waals surface area contributed by atoms with Gasteiger partial charge in [-0.2, -0.15) is 5.10 Å². The lowest BCUT2D eigenvalue weighted by molar-refractivity contribution is -0.117. The van der Waals surface area contributed by atoms with Gasteiger partial charge in [0, 0.05) is 17.3 Å². The lowest BCUT2D eigenvalue weighted by Crippen LogP contribution is -2.24. The number of primary amides is 1. The van der Waals surface area contributed by atoms with Crippen molar-refractivity contribution in [2.75, 3.05) is 5.32 Å². The average Bonchev–Trinajstić information content (AvgIpc) is 3.00. The first-order valence-corrected chi connectivity index (χ1v) is 9.78. The van der Waals surface area contributed by atoms with Crippen molar-refractivity contribution in [2.24, 2.45) is 5.73 Å². The Bertz CT molecular complexity index is 1120. The van der Waals surface area contributed by atoms with Crippen LogP contribution >= 0.6 is 11.6 Å². The third-order valence-electron chi connectivity index (χ3n) is 4.56. The number of carbonyl (C=O) groups excluding carboxylic acids is 2. The van der Waals surface area contributed by atoms with Crippen molar-refractivity contribution >= 4 is 35.3 Å². The molecule has 0 radical (unpaired) electrons. The fourth-order valence-electron chi connectivity index (χ4n) is 2.96. The number of nitrogens with zero attached hydrogens (tertiary/aromatic N) is 2. The fraction of sp³-hybridized carbons (Fsp3) is 0.136. The van der Waals surface area contributed by atoms with Crippen molar-refractivity contribution < 1.29 is 14.0 Å². The van der Waals surface area contributed by atoms with E-state index in [0.717, 1.165) is 5.56 Å². The smallest absolute Gasteiger partial charge is 0.316 e. The summed E-state index contributed by atoms with van der Waals surface area (Å²) in [5, 5.41) is 10.0. The molecule has 3 rings (SSSR count). The third kappa shape index (κ3) is 5.49. The average molecular weight is 442 g/mol. The maximum absolute atomic E-state index is 13.2. The van der Waals surface area contributed by atoms with Gasteiger partial charge in [-0.15, -0.1) is 0 Å². The second kappa shape index (κ2) is 9.44. The van der Waals surface area contributed by atoms with Gasteiger partial charge in [-0.05, 0) is 61.9 Å². The maximum atomic E-state index is 13.2. The molecule has 4 N–H and O–H groups in total. The first kappa shape index (κ1) is 22.0. The van der Waals surface area contributed by atoms with Crippen LogP contribution in [0.2, 0.25) is 5.15 Å². The Balaban J connectivity index is 1.68. The SMILES string of the molecule is Cc1nn(-c2ccc(F)cc2)c(Cl)c1C=CC(=O)NC(C)c1ccc(NC(N)=O)cc1. The summed E-state index contributed by atoms with van der Waals surface area (Å²) >= 11 is 6.42. The molecule has 0 fully saturated rings. The van der Waals surface area contributed by atoms with E-state index in [9.17, 15) is 14.0 Å². The van der Waals surface area contributed by atoms with E-state index in [2.05, 4.69) is 15.7 Å². The molecule has 3 amide bonds. The Morgan fingerprint density at radius 3 is 2.42 bits per heavy atom. The number of benzene rings is 2. The van der Waals surface area contributed by atoms with E-state index in [4.69, 9.17) is 17.3 Å². The topological polar surface area (TPSA) is 102 Å². The predicted octanol–water partition coefficient (Wildman–Crippen LogP) is 4.35. The number of aromatic nitrogens is 2. The highest BCUT2D eigenvalue weighted by Gasteiger charge is 2.14. The first-order chi connectivity index (χ1) is 14.7. The molecule has 0 saturated heterocycles. The summed E-state index contributed by atoms with van der Waals surface area (Å²) in [6, 6.07) is 11.8. The molecule has 160 valence electrons. The van der Waals surface area contributed by atoms with E-state index >= 15 is 0 Å². The quantitative estimate of drug-likeness (QED) is 0.495. The summed E-state index contributed by atoms with van der Waals surface area (Å²) in [7, 11) is 0. The van der Waals surface area contributed by atoms with Gasteiger partial charge in [0.05, 0.1) is 17.4 Å². The zero-order valence-electron chi connectivity index (χ0n) is 16.9. The molecular formula is C22H21ClFN5O2. The largest absolute Gasteiger partial charge is 0.351 e. The Kier molecular flexibility index (Phi) is 6.71. The minimum Gasteiger partial charge on any atom is -0.351 e. The van der Waals surface area contributed by atoms with Crippen molar-refractivity contribution in [3.05, 3.63) is 82.4 Å². The van der Waals surface area contributed by atoms with E-state index in [0.29, 0.717) is 27.8 Å². The number of nitrogens with one attached hydrogen (secondary N) is 2. The highest BCUT2D eigenvalue weighted by molar-refractivity contribution is 6.31. The van der Waals surface area contributed by atoms with Crippen LogP contribution in [0.25, 0.3) is 11.8 Å². The number of hydrogen-bond acceptors (Lipinski definition) is 3. The minimum atomic E-state index is -0.643. The fourth-order valence-corrected chi connectivity index (χ4v) is 3.29. The molecule has 3 aromatic rings. The number of halogens is 2. The molecule has 0 aliphatic rings. The van der Waals surface area contributed by atoms with Crippen molar-refractivity contribution in [1.82, 2.24) is 15.1 Å². The second-order valence-electron chi connectivity index (χ2n) is 6.85. The van der Waals surface area contributed by atoms with Crippen LogP contribution in [0.4, 0.5) is 14.9 Å². The summed E-state index contributed by atoms with van der Waals surface area (Å²) in [5.74, 6) is -0.662. The standard InChI is InChI=1S/C22H21ClFN5O2/c1-13(15-3-7-17(8-4-15)27-22(25)31)26-20(30)12-11-19-14(2)28-29(21(19)23)18-9-5-16(24)6-10-18/h3-13H,1-2H3,(H,26,30)(H3,25,27,31). The minimum absolute atomic E-state index is 0.265. The predicted molar refractivity (Wildman–Crippen MR) is 119 cm³/mol. The van der Waals surface area contributed by atoms with Crippen LogP contribution in [0.1, 0.15) is 29.8 Å². The van der Waals surface area contributed by atoms with Gasteiger partial charge < -0.3 is 16.4 Å². The number of carbonyl (C=O) groups is 2. The Hall–Kier alpha value is -3.65.